The van der Waals surface area contributed by atoms with E-state index in [4.69, 9.17) is 19.4 Å². The topological polar surface area (TPSA) is 51.8 Å². The van der Waals surface area contributed by atoms with E-state index in [1.807, 2.05) is 48.5 Å². The van der Waals surface area contributed by atoms with Crippen LogP contribution in [0.5, 0.6) is 0 Å². The molecule has 0 saturated carbocycles. The van der Waals surface area contributed by atoms with Crippen molar-refractivity contribution in [2.45, 2.75) is 6.92 Å². The van der Waals surface area contributed by atoms with Crippen LogP contribution in [-0.4, -0.2) is 15.0 Å². The minimum atomic E-state index is 0.578. The lowest BCUT2D eigenvalue weighted by Crippen LogP contribution is -2.01. The van der Waals surface area contributed by atoms with Gasteiger partial charge < -0.3 is 4.42 Å². The summed E-state index contributed by atoms with van der Waals surface area (Å²) in [6.07, 6.45) is 0. The Morgan fingerprint density at radius 1 is 0.321 bits per heavy atom. The van der Waals surface area contributed by atoms with Crippen LogP contribution >= 0.6 is 0 Å². The first-order valence-corrected chi connectivity index (χ1v) is 18.8. The van der Waals surface area contributed by atoms with Crippen molar-refractivity contribution in [3.05, 3.63) is 200 Å². The van der Waals surface area contributed by atoms with Gasteiger partial charge in [-0.05, 0) is 81.8 Å². The van der Waals surface area contributed by atoms with Crippen LogP contribution in [0.25, 0.3) is 101 Å². The van der Waals surface area contributed by atoms with Crippen LogP contribution in [0.4, 0.5) is 0 Å². The third-order valence-electron chi connectivity index (χ3n) is 10.4. The van der Waals surface area contributed by atoms with Crippen molar-refractivity contribution in [2.75, 3.05) is 0 Å². The summed E-state index contributed by atoms with van der Waals surface area (Å²) in [5.41, 5.74) is 14.6. The van der Waals surface area contributed by atoms with E-state index in [0.717, 1.165) is 66.4 Å². The normalized spacial score (nSPS) is 11.3. The quantitative estimate of drug-likeness (QED) is 0.165. The van der Waals surface area contributed by atoms with Crippen LogP contribution < -0.4 is 0 Å². The molecule has 0 aliphatic rings. The zero-order valence-corrected chi connectivity index (χ0v) is 30.7. The highest BCUT2D eigenvalue weighted by atomic mass is 16.3. The molecular weight excluding hydrogens is 683 g/mol. The fourth-order valence-corrected chi connectivity index (χ4v) is 7.62. The predicted octanol–water partition coefficient (Wildman–Crippen LogP) is 13.7. The average Bonchev–Trinajstić information content (AvgIpc) is 3.65. The molecule has 10 rings (SSSR count). The second kappa shape index (κ2) is 14.1. The fraction of sp³-hybridized carbons (Fsp3) is 0.0192. The molecule has 0 atom stereocenters. The Hall–Kier alpha value is -7.43. The summed E-state index contributed by atoms with van der Waals surface area (Å²) in [6, 6.07) is 67.5. The van der Waals surface area contributed by atoms with Gasteiger partial charge in [0.1, 0.15) is 11.2 Å². The smallest absolute Gasteiger partial charge is 0.164 e. The van der Waals surface area contributed by atoms with Gasteiger partial charge in [-0.1, -0.05) is 169 Å². The Balaban J connectivity index is 1.11. The van der Waals surface area contributed by atoms with E-state index in [1.165, 1.54) is 22.3 Å². The van der Waals surface area contributed by atoms with Gasteiger partial charge in [0.05, 0.1) is 0 Å². The predicted molar refractivity (Wildman–Crippen MR) is 230 cm³/mol. The van der Waals surface area contributed by atoms with Crippen LogP contribution in [-0.2, 0) is 0 Å². The summed E-state index contributed by atoms with van der Waals surface area (Å²) in [6.45, 7) is 2.12. The van der Waals surface area contributed by atoms with E-state index >= 15 is 0 Å². The van der Waals surface area contributed by atoms with Gasteiger partial charge in [0.15, 0.2) is 17.5 Å². The molecular formula is C52H35N3O. The van der Waals surface area contributed by atoms with Crippen LogP contribution in [0.1, 0.15) is 5.56 Å². The first-order valence-electron chi connectivity index (χ1n) is 18.8. The van der Waals surface area contributed by atoms with Crippen LogP contribution in [0.3, 0.4) is 0 Å². The molecule has 0 aliphatic carbocycles. The van der Waals surface area contributed by atoms with E-state index in [-0.39, 0.29) is 0 Å². The first-order chi connectivity index (χ1) is 27.6. The number of aromatic nitrogens is 3. The average molecular weight is 718 g/mol. The van der Waals surface area contributed by atoms with Crippen molar-refractivity contribution >= 4 is 21.9 Å². The van der Waals surface area contributed by atoms with Crippen molar-refractivity contribution in [1.82, 2.24) is 15.0 Å². The summed E-state index contributed by atoms with van der Waals surface area (Å²) in [4.78, 5) is 15.4. The molecule has 0 fully saturated rings. The molecule has 10 aromatic rings. The molecule has 0 radical (unpaired) electrons. The van der Waals surface area contributed by atoms with Crippen LogP contribution in [0.15, 0.2) is 199 Å². The highest BCUT2D eigenvalue weighted by Gasteiger charge is 2.19. The van der Waals surface area contributed by atoms with E-state index in [2.05, 4.69) is 153 Å². The highest BCUT2D eigenvalue weighted by Crippen LogP contribution is 2.40. The maximum atomic E-state index is 6.57. The maximum Gasteiger partial charge on any atom is 0.164 e. The van der Waals surface area contributed by atoms with Gasteiger partial charge in [-0.2, -0.15) is 0 Å². The summed E-state index contributed by atoms with van der Waals surface area (Å²) in [5.74, 6) is 1.79. The molecule has 2 heterocycles. The van der Waals surface area contributed by atoms with Crippen molar-refractivity contribution < 1.29 is 4.42 Å². The van der Waals surface area contributed by atoms with Crippen molar-refractivity contribution in [3.63, 3.8) is 0 Å². The number of nitrogens with zero attached hydrogens (tertiary/aromatic N) is 3. The molecule has 0 amide bonds. The zero-order chi connectivity index (χ0) is 37.4. The van der Waals surface area contributed by atoms with E-state index in [1.54, 1.807) is 0 Å². The lowest BCUT2D eigenvalue weighted by Gasteiger charge is -2.14. The first kappa shape index (κ1) is 33.2. The van der Waals surface area contributed by atoms with E-state index in [0.29, 0.717) is 17.5 Å². The number of aryl methyl sites for hydroxylation is 1. The molecule has 0 unspecified atom stereocenters. The summed E-state index contributed by atoms with van der Waals surface area (Å²) in [5, 5.41) is 2.13. The Morgan fingerprint density at radius 3 is 1.59 bits per heavy atom. The molecule has 0 N–H and O–H groups in total. The van der Waals surface area contributed by atoms with Crippen LogP contribution in [0, 0.1) is 6.92 Å². The number of furan rings is 1. The third kappa shape index (κ3) is 6.23. The highest BCUT2D eigenvalue weighted by molar-refractivity contribution is 6.13. The number of rotatable bonds is 7. The number of hydrogen-bond acceptors (Lipinski definition) is 4. The molecule has 4 heteroatoms. The molecule has 8 aromatic carbocycles. The van der Waals surface area contributed by atoms with Crippen molar-refractivity contribution in [2.24, 2.45) is 0 Å². The number of fused-ring (bicyclic) bond motifs is 3. The monoisotopic (exact) mass is 717 g/mol. The van der Waals surface area contributed by atoms with Gasteiger partial charge >= 0.3 is 0 Å². The molecule has 2 aromatic heterocycles. The molecule has 0 saturated heterocycles. The lowest BCUT2D eigenvalue weighted by molar-refractivity contribution is 0.669. The van der Waals surface area contributed by atoms with Crippen molar-refractivity contribution in [3.8, 4) is 78.7 Å². The van der Waals surface area contributed by atoms with Crippen molar-refractivity contribution in [1.29, 1.82) is 0 Å². The molecule has 0 bridgehead atoms. The summed E-state index contributed by atoms with van der Waals surface area (Å²) < 4.78 is 6.57. The lowest BCUT2D eigenvalue weighted by atomic mass is 9.93. The Morgan fingerprint density at radius 2 is 0.857 bits per heavy atom. The van der Waals surface area contributed by atoms with Gasteiger partial charge in [-0.3, -0.25) is 0 Å². The second-order valence-corrected chi connectivity index (χ2v) is 14.1. The Bertz CT molecular complexity index is 3010. The molecule has 264 valence electrons. The second-order valence-electron chi connectivity index (χ2n) is 14.1. The largest absolute Gasteiger partial charge is 0.456 e. The summed E-state index contributed by atoms with van der Waals surface area (Å²) >= 11 is 0. The van der Waals surface area contributed by atoms with Gasteiger partial charge in [-0.15, -0.1) is 0 Å². The Labute approximate surface area is 325 Å². The standard InChI is InChI=1S/C52H35N3O/c1-34-13-11-20-40(31-34)41-27-29-44(46(32-41)37-16-7-3-8-17-37)52-54-50(39-18-9-4-10-19-39)53-51(55-52)42-28-30-45-48(33-42)56-47-22-12-21-43(49(45)47)38-25-23-36(24-26-38)35-14-5-2-6-15-35/h2-33H,1H3. The van der Waals surface area contributed by atoms with Gasteiger partial charge in [0.2, 0.25) is 0 Å². The Kier molecular flexibility index (Phi) is 8.34. The zero-order valence-electron chi connectivity index (χ0n) is 30.7. The minimum absolute atomic E-state index is 0.578. The molecule has 56 heavy (non-hydrogen) atoms. The van der Waals surface area contributed by atoms with Gasteiger partial charge in [-0.25, -0.2) is 15.0 Å². The molecule has 4 nitrogen and oxygen atoms in total. The SMILES string of the molecule is Cc1cccc(-c2ccc(-c3nc(-c4ccccc4)nc(-c4ccc5c(c4)oc4cccc(-c6ccc(-c7ccccc7)cc6)c45)n3)c(-c3ccccc3)c2)c1. The van der Waals surface area contributed by atoms with Gasteiger partial charge in [0, 0.05) is 27.5 Å². The summed E-state index contributed by atoms with van der Waals surface area (Å²) in [7, 11) is 0. The van der Waals surface area contributed by atoms with E-state index < -0.39 is 0 Å². The number of benzene rings is 8. The minimum Gasteiger partial charge on any atom is -0.456 e. The third-order valence-corrected chi connectivity index (χ3v) is 10.4. The number of hydrogen-bond donors (Lipinski definition) is 0. The molecule has 0 aliphatic heterocycles. The van der Waals surface area contributed by atoms with Crippen LogP contribution in [0.2, 0.25) is 0 Å². The van der Waals surface area contributed by atoms with Gasteiger partial charge in [0.25, 0.3) is 0 Å². The molecule has 0 spiro atoms. The fourth-order valence-electron chi connectivity index (χ4n) is 7.62. The maximum absolute atomic E-state index is 6.57. The van der Waals surface area contributed by atoms with E-state index in [9.17, 15) is 0 Å².